The molecule has 1 unspecified atom stereocenters. The number of hydrogen-bond donors (Lipinski definition) is 1. The third-order valence-electron chi connectivity index (χ3n) is 4.81. The number of carbonyl (C=O) groups excluding carboxylic acids is 2. The van der Waals surface area contributed by atoms with E-state index in [4.69, 9.17) is 4.74 Å². The number of carbonyl (C=O) groups is 2. The van der Waals surface area contributed by atoms with Crippen molar-refractivity contribution in [3.63, 3.8) is 0 Å². The number of amides is 2. The second-order valence-electron chi connectivity index (χ2n) is 6.65. The SMILES string of the molecule is CC(NC(=O)Cn1ccc2ccccc21)c1cccc(N2CCOC2=O)c1. The van der Waals surface area contributed by atoms with Crippen LogP contribution in [0.4, 0.5) is 10.5 Å². The molecule has 4 rings (SSSR count). The fourth-order valence-corrected chi connectivity index (χ4v) is 3.39. The number of fused-ring (bicyclic) bond motifs is 1. The first-order valence-electron chi connectivity index (χ1n) is 8.99. The van der Waals surface area contributed by atoms with E-state index in [1.807, 2.05) is 72.3 Å². The Balaban J connectivity index is 1.45. The molecule has 1 aliphatic heterocycles. The molecule has 1 aromatic heterocycles. The molecule has 0 bridgehead atoms. The summed E-state index contributed by atoms with van der Waals surface area (Å²) in [5.74, 6) is -0.0603. The van der Waals surface area contributed by atoms with E-state index in [0.29, 0.717) is 13.2 Å². The van der Waals surface area contributed by atoms with Crippen LogP contribution in [0.25, 0.3) is 10.9 Å². The van der Waals surface area contributed by atoms with Crippen molar-refractivity contribution < 1.29 is 14.3 Å². The first-order valence-corrected chi connectivity index (χ1v) is 8.99. The van der Waals surface area contributed by atoms with Crippen LogP contribution in [0.2, 0.25) is 0 Å². The lowest BCUT2D eigenvalue weighted by atomic mass is 10.1. The van der Waals surface area contributed by atoms with Gasteiger partial charge in [0.15, 0.2) is 0 Å². The number of ether oxygens (including phenoxy) is 1. The average Bonchev–Trinajstić information content (AvgIpc) is 3.28. The van der Waals surface area contributed by atoms with Gasteiger partial charge in [-0.25, -0.2) is 4.79 Å². The molecule has 0 spiro atoms. The topological polar surface area (TPSA) is 63.6 Å². The summed E-state index contributed by atoms with van der Waals surface area (Å²) < 4.78 is 6.93. The van der Waals surface area contributed by atoms with Crippen LogP contribution < -0.4 is 10.2 Å². The van der Waals surface area contributed by atoms with Crippen LogP contribution in [-0.2, 0) is 16.1 Å². The molecule has 0 radical (unpaired) electrons. The Labute approximate surface area is 157 Å². The number of hydrogen-bond acceptors (Lipinski definition) is 3. The van der Waals surface area contributed by atoms with Crippen LogP contribution in [0.5, 0.6) is 0 Å². The minimum absolute atomic E-state index is 0.0603. The number of nitrogens with zero attached hydrogens (tertiary/aromatic N) is 2. The summed E-state index contributed by atoms with van der Waals surface area (Å²) in [6.07, 6.45) is 1.59. The Kier molecular flexibility index (Phi) is 4.54. The number of benzene rings is 2. The van der Waals surface area contributed by atoms with Gasteiger partial charge >= 0.3 is 6.09 Å². The highest BCUT2D eigenvalue weighted by molar-refractivity contribution is 5.89. The number of anilines is 1. The van der Waals surface area contributed by atoms with E-state index in [-0.39, 0.29) is 24.6 Å². The van der Waals surface area contributed by atoms with Crippen LogP contribution >= 0.6 is 0 Å². The van der Waals surface area contributed by atoms with Gasteiger partial charge in [-0.05, 0) is 42.1 Å². The number of cyclic esters (lactones) is 1. The van der Waals surface area contributed by atoms with E-state index in [0.717, 1.165) is 22.2 Å². The average molecular weight is 363 g/mol. The maximum absolute atomic E-state index is 12.5. The summed E-state index contributed by atoms with van der Waals surface area (Å²) in [7, 11) is 0. The molecule has 2 aromatic carbocycles. The van der Waals surface area contributed by atoms with E-state index < -0.39 is 0 Å². The van der Waals surface area contributed by atoms with Gasteiger partial charge in [0, 0.05) is 17.4 Å². The molecule has 2 amide bonds. The van der Waals surface area contributed by atoms with Crippen molar-refractivity contribution in [1.82, 2.24) is 9.88 Å². The predicted molar refractivity (Wildman–Crippen MR) is 104 cm³/mol. The second-order valence-corrected chi connectivity index (χ2v) is 6.65. The third-order valence-corrected chi connectivity index (χ3v) is 4.81. The third kappa shape index (κ3) is 3.51. The van der Waals surface area contributed by atoms with Crippen LogP contribution in [0.1, 0.15) is 18.5 Å². The van der Waals surface area contributed by atoms with Gasteiger partial charge in [0.2, 0.25) is 5.91 Å². The van der Waals surface area contributed by atoms with E-state index in [2.05, 4.69) is 5.32 Å². The highest BCUT2D eigenvalue weighted by atomic mass is 16.6. The summed E-state index contributed by atoms with van der Waals surface area (Å²) in [6, 6.07) is 17.4. The van der Waals surface area contributed by atoms with E-state index in [9.17, 15) is 9.59 Å². The van der Waals surface area contributed by atoms with Crippen molar-refractivity contribution in [2.75, 3.05) is 18.1 Å². The molecule has 6 heteroatoms. The fourth-order valence-electron chi connectivity index (χ4n) is 3.39. The van der Waals surface area contributed by atoms with Crippen molar-refractivity contribution >= 4 is 28.6 Å². The summed E-state index contributed by atoms with van der Waals surface area (Å²) >= 11 is 0. The molecule has 3 aromatic rings. The minimum atomic E-state index is -0.330. The van der Waals surface area contributed by atoms with Gasteiger partial charge in [0.1, 0.15) is 13.2 Å². The maximum Gasteiger partial charge on any atom is 0.414 e. The maximum atomic E-state index is 12.5. The molecule has 1 aliphatic rings. The monoisotopic (exact) mass is 363 g/mol. The van der Waals surface area contributed by atoms with Crippen molar-refractivity contribution in [1.29, 1.82) is 0 Å². The highest BCUT2D eigenvalue weighted by Gasteiger charge is 2.24. The van der Waals surface area contributed by atoms with Gasteiger partial charge in [-0.15, -0.1) is 0 Å². The molecule has 2 heterocycles. The van der Waals surface area contributed by atoms with Crippen LogP contribution in [0.15, 0.2) is 60.8 Å². The molecule has 0 saturated carbocycles. The van der Waals surface area contributed by atoms with Crippen molar-refractivity contribution in [2.45, 2.75) is 19.5 Å². The van der Waals surface area contributed by atoms with Crippen LogP contribution in [-0.4, -0.2) is 29.7 Å². The smallest absolute Gasteiger partial charge is 0.414 e. The summed E-state index contributed by atoms with van der Waals surface area (Å²) in [6.45, 7) is 3.15. The molecule has 0 aliphatic carbocycles. The summed E-state index contributed by atoms with van der Waals surface area (Å²) in [5.41, 5.74) is 2.76. The van der Waals surface area contributed by atoms with Gasteiger partial charge in [0.25, 0.3) is 0 Å². The zero-order valence-electron chi connectivity index (χ0n) is 15.1. The molecule has 1 saturated heterocycles. The van der Waals surface area contributed by atoms with E-state index in [1.54, 1.807) is 4.90 Å². The Bertz CT molecular complexity index is 995. The molecule has 1 atom stereocenters. The normalized spacial score (nSPS) is 15.0. The lowest BCUT2D eigenvalue weighted by Gasteiger charge is -2.18. The van der Waals surface area contributed by atoms with Gasteiger partial charge in [0.05, 0.1) is 12.6 Å². The number of aromatic nitrogens is 1. The van der Waals surface area contributed by atoms with Gasteiger partial charge in [-0.2, -0.15) is 0 Å². The van der Waals surface area contributed by atoms with E-state index in [1.165, 1.54) is 0 Å². The molecular formula is C21H21N3O3. The largest absolute Gasteiger partial charge is 0.447 e. The number of para-hydroxylation sites is 1. The first-order chi connectivity index (χ1) is 13.1. The molecule has 27 heavy (non-hydrogen) atoms. The van der Waals surface area contributed by atoms with Gasteiger partial charge in [-0.3, -0.25) is 9.69 Å². The number of rotatable bonds is 5. The fraction of sp³-hybridized carbons (Fsp3) is 0.238. The Morgan fingerprint density at radius 3 is 2.85 bits per heavy atom. The zero-order chi connectivity index (χ0) is 18.8. The molecule has 1 N–H and O–H groups in total. The predicted octanol–water partition coefficient (Wildman–Crippen LogP) is 3.48. The minimum Gasteiger partial charge on any atom is -0.447 e. The zero-order valence-corrected chi connectivity index (χ0v) is 15.1. The number of nitrogens with one attached hydrogen (secondary N) is 1. The molecule has 1 fully saturated rings. The Morgan fingerprint density at radius 2 is 2.04 bits per heavy atom. The van der Waals surface area contributed by atoms with E-state index >= 15 is 0 Å². The standard InChI is InChI=1S/C21H21N3O3/c1-15(17-6-4-7-18(13-17)24-11-12-27-21(24)26)22-20(25)14-23-10-9-16-5-2-3-8-19(16)23/h2-10,13,15H,11-12,14H2,1H3,(H,22,25). The van der Waals surface area contributed by atoms with Gasteiger partial charge in [-0.1, -0.05) is 30.3 Å². The van der Waals surface area contributed by atoms with Crippen molar-refractivity contribution in [3.05, 3.63) is 66.4 Å². The Morgan fingerprint density at radius 1 is 1.19 bits per heavy atom. The van der Waals surface area contributed by atoms with Crippen LogP contribution in [0, 0.1) is 0 Å². The molecular weight excluding hydrogens is 342 g/mol. The molecule has 138 valence electrons. The van der Waals surface area contributed by atoms with Gasteiger partial charge < -0.3 is 14.6 Å². The van der Waals surface area contributed by atoms with Crippen LogP contribution in [0.3, 0.4) is 0 Å². The summed E-state index contributed by atoms with van der Waals surface area (Å²) in [4.78, 5) is 25.9. The van der Waals surface area contributed by atoms with Crippen molar-refractivity contribution in [3.8, 4) is 0 Å². The lowest BCUT2D eigenvalue weighted by molar-refractivity contribution is -0.122. The molecule has 6 nitrogen and oxygen atoms in total. The highest BCUT2D eigenvalue weighted by Crippen LogP contribution is 2.23. The first kappa shape index (κ1) is 17.1. The second kappa shape index (κ2) is 7.15. The quantitative estimate of drug-likeness (QED) is 0.755. The van der Waals surface area contributed by atoms with Crippen molar-refractivity contribution in [2.24, 2.45) is 0 Å². The lowest BCUT2D eigenvalue weighted by Crippen LogP contribution is -2.30. The Hall–Kier alpha value is -3.28. The summed E-state index contributed by atoms with van der Waals surface area (Å²) in [5, 5.41) is 4.15.